The van der Waals surface area contributed by atoms with E-state index >= 15 is 0 Å². The van der Waals surface area contributed by atoms with Gasteiger partial charge in [-0.1, -0.05) is 54.6 Å². The quantitative estimate of drug-likeness (QED) is 0.763. The molecule has 0 bridgehead atoms. The van der Waals surface area contributed by atoms with E-state index in [4.69, 9.17) is 4.74 Å². The van der Waals surface area contributed by atoms with Crippen molar-refractivity contribution in [2.75, 3.05) is 0 Å². The van der Waals surface area contributed by atoms with Crippen LogP contribution >= 0.6 is 0 Å². The highest BCUT2D eigenvalue weighted by atomic mass is 16.5. The van der Waals surface area contributed by atoms with E-state index in [0.29, 0.717) is 6.61 Å². The zero-order valence-corrected chi connectivity index (χ0v) is 11.1. The van der Waals surface area contributed by atoms with E-state index in [9.17, 15) is 4.79 Å². The van der Waals surface area contributed by atoms with Crippen LogP contribution in [-0.2, 0) is 29.0 Å². The number of hydrogen-bond acceptors (Lipinski definition) is 2. The molecule has 0 aliphatic heterocycles. The summed E-state index contributed by atoms with van der Waals surface area (Å²) in [5.74, 6) is -0.238. The van der Waals surface area contributed by atoms with E-state index in [0.717, 1.165) is 18.4 Å². The zero-order valence-electron chi connectivity index (χ0n) is 11.1. The van der Waals surface area contributed by atoms with Crippen LogP contribution in [-0.4, -0.2) is 5.97 Å². The molecule has 2 aromatic rings. The third-order valence-corrected chi connectivity index (χ3v) is 3.08. The third-order valence-electron chi connectivity index (χ3n) is 3.08. The van der Waals surface area contributed by atoms with Gasteiger partial charge >= 0.3 is 5.97 Å². The topological polar surface area (TPSA) is 26.3 Å². The molecule has 0 amide bonds. The van der Waals surface area contributed by atoms with Gasteiger partial charge in [0.25, 0.3) is 0 Å². The van der Waals surface area contributed by atoms with E-state index in [1.165, 1.54) is 18.1 Å². The molecule has 2 heteroatoms. The van der Waals surface area contributed by atoms with Crippen LogP contribution in [0, 0.1) is 0 Å². The van der Waals surface area contributed by atoms with Gasteiger partial charge in [0, 0.05) is 6.92 Å². The summed E-state index contributed by atoms with van der Waals surface area (Å²) in [6, 6.07) is 18.5. The number of carbonyl (C=O) groups excluding carboxylic acids is 1. The van der Waals surface area contributed by atoms with E-state index in [2.05, 4.69) is 30.3 Å². The van der Waals surface area contributed by atoms with Crippen molar-refractivity contribution in [3.05, 3.63) is 71.3 Å². The van der Waals surface area contributed by atoms with Gasteiger partial charge in [0.05, 0.1) is 0 Å². The lowest BCUT2D eigenvalue weighted by atomic mass is 10.0. The van der Waals surface area contributed by atoms with Crippen molar-refractivity contribution < 1.29 is 9.53 Å². The van der Waals surface area contributed by atoms with Gasteiger partial charge in [0.1, 0.15) is 6.61 Å². The maximum absolute atomic E-state index is 10.9. The first kappa shape index (κ1) is 13.3. The molecule has 0 saturated heterocycles. The van der Waals surface area contributed by atoms with Crippen molar-refractivity contribution in [1.82, 2.24) is 0 Å². The fourth-order valence-corrected chi connectivity index (χ4v) is 2.05. The summed E-state index contributed by atoms with van der Waals surface area (Å²) in [5.41, 5.74) is 3.66. The Labute approximate surface area is 114 Å². The molecule has 2 nitrogen and oxygen atoms in total. The van der Waals surface area contributed by atoms with E-state index in [1.54, 1.807) is 0 Å². The van der Waals surface area contributed by atoms with Gasteiger partial charge in [-0.25, -0.2) is 0 Å². The molecule has 0 fully saturated rings. The maximum atomic E-state index is 10.9. The van der Waals surface area contributed by atoms with Crippen molar-refractivity contribution in [3.63, 3.8) is 0 Å². The SMILES string of the molecule is CC(=O)OCc1ccccc1CCc1ccccc1. The predicted molar refractivity (Wildman–Crippen MR) is 75.8 cm³/mol. The van der Waals surface area contributed by atoms with Gasteiger partial charge in [0.15, 0.2) is 0 Å². The smallest absolute Gasteiger partial charge is 0.302 e. The van der Waals surface area contributed by atoms with Crippen molar-refractivity contribution in [3.8, 4) is 0 Å². The molecule has 2 rings (SSSR count). The Bertz CT molecular complexity index is 532. The molecule has 0 spiro atoms. The van der Waals surface area contributed by atoms with Crippen LogP contribution in [0.2, 0.25) is 0 Å². The fraction of sp³-hybridized carbons (Fsp3) is 0.235. The summed E-state index contributed by atoms with van der Waals surface area (Å²) in [6.07, 6.45) is 1.96. The highest BCUT2D eigenvalue weighted by Crippen LogP contribution is 2.13. The number of esters is 1. The Morgan fingerprint density at radius 2 is 1.53 bits per heavy atom. The second-order valence-corrected chi connectivity index (χ2v) is 4.53. The largest absolute Gasteiger partial charge is 0.461 e. The van der Waals surface area contributed by atoms with Crippen LogP contribution < -0.4 is 0 Å². The first-order valence-corrected chi connectivity index (χ1v) is 6.50. The second-order valence-electron chi connectivity index (χ2n) is 4.53. The van der Waals surface area contributed by atoms with Crippen LogP contribution in [0.4, 0.5) is 0 Å². The average Bonchev–Trinajstić information content (AvgIpc) is 2.45. The minimum atomic E-state index is -0.238. The Balaban J connectivity index is 2.01. The molecule has 0 aromatic heterocycles. The minimum absolute atomic E-state index is 0.238. The first-order valence-electron chi connectivity index (χ1n) is 6.50. The number of rotatable bonds is 5. The summed E-state index contributed by atoms with van der Waals surface area (Å²) in [6.45, 7) is 1.80. The maximum Gasteiger partial charge on any atom is 0.302 e. The molecule has 0 unspecified atom stereocenters. The van der Waals surface area contributed by atoms with Crippen molar-refractivity contribution in [2.24, 2.45) is 0 Å². The molecule has 0 N–H and O–H groups in total. The van der Waals surface area contributed by atoms with Crippen LogP contribution in [0.25, 0.3) is 0 Å². The number of aryl methyl sites for hydroxylation is 2. The highest BCUT2D eigenvalue weighted by Gasteiger charge is 2.04. The van der Waals surface area contributed by atoms with Crippen molar-refractivity contribution >= 4 is 5.97 Å². The lowest BCUT2D eigenvalue weighted by molar-refractivity contribution is -0.142. The molecule has 0 saturated carbocycles. The van der Waals surface area contributed by atoms with Gasteiger partial charge in [-0.3, -0.25) is 4.79 Å². The highest BCUT2D eigenvalue weighted by molar-refractivity contribution is 5.65. The number of hydrogen-bond donors (Lipinski definition) is 0. The van der Waals surface area contributed by atoms with Crippen molar-refractivity contribution in [1.29, 1.82) is 0 Å². The standard InChI is InChI=1S/C17H18O2/c1-14(18)19-13-17-10-6-5-9-16(17)12-11-15-7-3-2-4-8-15/h2-10H,11-13H2,1H3. The van der Waals surface area contributed by atoms with Crippen LogP contribution in [0.1, 0.15) is 23.6 Å². The number of ether oxygens (including phenoxy) is 1. The summed E-state index contributed by atoms with van der Waals surface area (Å²) < 4.78 is 5.08. The van der Waals surface area contributed by atoms with Gasteiger partial charge in [-0.15, -0.1) is 0 Å². The Morgan fingerprint density at radius 1 is 0.895 bits per heavy atom. The van der Waals surface area contributed by atoms with Gasteiger partial charge < -0.3 is 4.74 Å². The van der Waals surface area contributed by atoms with Crippen LogP contribution in [0.3, 0.4) is 0 Å². The normalized spacial score (nSPS) is 10.2. The molecule has 0 radical (unpaired) electrons. The number of benzene rings is 2. The molecule has 2 aromatic carbocycles. The predicted octanol–water partition coefficient (Wildman–Crippen LogP) is 3.53. The lowest BCUT2D eigenvalue weighted by Gasteiger charge is -2.09. The molecule has 98 valence electrons. The summed E-state index contributed by atoms with van der Waals surface area (Å²) in [7, 11) is 0. The van der Waals surface area contributed by atoms with Gasteiger partial charge in [-0.2, -0.15) is 0 Å². The summed E-state index contributed by atoms with van der Waals surface area (Å²) >= 11 is 0. The van der Waals surface area contributed by atoms with E-state index in [1.807, 2.05) is 24.3 Å². The Morgan fingerprint density at radius 3 is 2.21 bits per heavy atom. The monoisotopic (exact) mass is 254 g/mol. The van der Waals surface area contributed by atoms with Crippen molar-refractivity contribution in [2.45, 2.75) is 26.4 Å². The van der Waals surface area contributed by atoms with Gasteiger partial charge in [-0.05, 0) is 29.5 Å². The van der Waals surface area contributed by atoms with Crippen LogP contribution in [0.15, 0.2) is 54.6 Å². The molecule has 0 heterocycles. The lowest BCUT2D eigenvalue weighted by Crippen LogP contribution is -2.03. The molecule has 0 atom stereocenters. The molecular formula is C17H18O2. The molecule has 0 aliphatic carbocycles. The fourth-order valence-electron chi connectivity index (χ4n) is 2.05. The first-order chi connectivity index (χ1) is 9.25. The summed E-state index contributed by atoms with van der Waals surface area (Å²) in [5, 5.41) is 0. The van der Waals surface area contributed by atoms with E-state index < -0.39 is 0 Å². The average molecular weight is 254 g/mol. The van der Waals surface area contributed by atoms with Crippen LogP contribution in [0.5, 0.6) is 0 Å². The second kappa shape index (κ2) is 6.74. The molecule has 0 aliphatic rings. The number of carbonyl (C=O) groups is 1. The summed E-state index contributed by atoms with van der Waals surface area (Å²) in [4.78, 5) is 10.9. The van der Waals surface area contributed by atoms with Gasteiger partial charge in [0.2, 0.25) is 0 Å². The Kier molecular flexibility index (Phi) is 4.73. The van der Waals surface area contributed by atoms with E-state index in [-0.39, 0.29) is 5.97 Å². The minimum Gasteiger partial charge on any atom is -0.461 e. The molecule has 19 heavy (non-hydrogen) atoms. The Hall–Kier alpha value is -2.09. The molecular weight excluding hydrogens is 236 g/mol. The third kappa shape index (κ3) is 4.25. The zero-order chi connectivity index (χ0) is 13.5.